The molecule has 3 heterocycles. The number of halogens is 1. The number of ether oxygens (including phenoxy) is 1. The van der Waals surface area contributed by atoms with E-state index >= 15 is 0 Å². The van der Waals surface area contributed by atoms with Crippen LogP contribution in [0, 0.1) is 0 Å². The highest BCUT2D eigenvalue weighted by Gasteiger charge is 2.36. The number of hydrogen-bond acceptors (Lipinski definition) is 4. The minimum atomic E-state index is -0.236. The van der Waals surface area contributed by atoms with Gasteiger partial charge in [0.1, 0.15) is 5.75 Å². The summed E-state index contributed by atoms with van der Waals surface area (Å²) >= 11 is 5.97. The number of hydrogen-bond donors (Lipinski definition) is 1. The molecule has 29 heavy (non-hydrogen) atoms. The fourth-order valence-electron chi connectivity index (χ4n) is 3.82. The van der Waals surface area contributed by atoms with E-state index < -0.39 is 0 Å². The molecule has 0 radical (unpaired) electrons. The van der Waals surface area contributed by atoms with Crippen LogP contribution in [-0.4, -0.2) is 40.3 Å². The topological polar surface area (TPSA) is 71.5 Å². The van der Waals surface area contributed by atoms with Crippen LogP contribution in [0.15, 0.2) is 42.6 Å². The summed E-state index contributed by atoms with van der Waals surface area (Å²) in [5, 5.41) is 3.60. The summed E-state index contributed by atoms with van der Waals surface area (Å²) in [6.45, 7) is 3.43. The van der Waals surface area contributed by atoms with E-state index in [1.807, 2.05) is 42.3 Å². The fraction of sp³-hybridized carbons (Fsp3) is 0.409. The molecule has 1 N–H and O–H groups in total. The van der Waals surface area contributed by atoms with Gasteiger partial charge in [0.2, 0.25) is 17.7 Å². The Labute approximate surface area is 175 Å². The van der Waals surface area contributed by atoms with Crippen LogP contribution in [0.5, 0.6) is 11.6 Å². The van der Waals surface area contributed by atoms with Gasteiger partial charge in [-0.2, -0.15) is 0 Å². The summed E-state index contributed by atoms with van der Waals surface area (Å²) in [6, 6.07) is 11.0. The molecule has 0 saturated carbocycles. The van der Waals surface area contributed by atoms with Crippen molar-refractivity contribution in [1.82, 2.24) is 15.2 Å². The summed E-state index contributed by atoms with van der Waals surface area (Å²) in [7, 11) is 0. The largest absolute Gasteiger partial charge is 0.439 e. The number of nitrogens with one attached hydrogen (secondary N) is 1. The average molecular weight is 414 g/mol. The zero-order valence-electron chi connectivity index (χ0n) is 16.4. The Balaban J connectivity index is 1.25. The lowest BCUT2D eigenvalue weighted by Gasteiger charge is -2.40. The Morgan fingerprint density at radius 1 is 1.34 bits per heavy atom. The van der Waals surface area contributed by atoms with Gasteiger partial charge < -0.3 is 15.0 Å². The van der Waals surface area contributed by atoms with Crippen LogP contribution in [0.4, 0.5) is 0 Å². The summed E-state index contributed by atoms with van der Waals surface area (Å²) in [5.41, 5.74) is 0.863. The molecular formula is C22H24ClN3O3. The lowest BCUT2D eigenvalue weighted by atomic mass is 9.90. The number of aromatic nitrogens is 1. The third-order valence-corrected chi connectivity index (χ3v) is 5.95. The van der Waals surface area contributed by atoms with Crippen LogP contribution < -0.4 is 10.1 Å². The summed E-state index contributed by atoms with van der Waals surface area (Å²) < 4.78 is 5.71. The molecule has 0 aliphatic carbocycles. The predicted octanol–water partition coefficient (Wildman–Crippen LogP) is 3.90. The molecule has 0 spiro atoms. The van der Waals surface area contributed by atoms with Crippen LogP contribution in [-0.2, 0) is 9.59 Å². The standard InChI is InChI=1S/C22H24ClN3O3/c1-22(9-7-19(27)25-22)10-8-21(28)26-13-16(14-26)15-5-6-20(24-12-15)29-18-4-2-3-17(23)11-18/h2-6,11-12,16H,7-10,13-14H2,1H3,(H,25,27)/t22-/m1/s1. The zero-order chi connectivity index (χ0) is 20.4. The first-order valence-electron chi connectivity index (χ1n) is 9.88. The first kappa shape index (κ1) is 19.7. The summed E-state index contributed by atoms with van der Waals surface area (Å²) in [6.07, 6.45) is 4.32. The van der Waals surface area contributed by atoms with Crippen molar-refractivity contribution in [2.75, 3.05) is 13.1 Å². The van der Waals surface area contributed by atoms with Crippen LogP contribution in [0.1, 0.15) is 44.1 Å². The molecule has 2 amide bonds. The maximum absolute atomic E-state index is 12.4. The number of rotatable bonds is 6. The predicted molar refractivity (Wildman–Crippen MR) is 110 cm³/mol. The van der Waals surface area contributed by atoms with Gasteiger partial charge >= 0.3 is 0 Å². The Bertz CT molecular complexity index is 912. The second-order valence-corrected chi connectivity index (χ2v) is 8.53. The zero-order valence-corrected chi connectivity index (χ0v) is 17.1. The van der Waals surface area contributed by atoms with E-state index in [9.17, 15) is 9.59 Å². The Morgan fingerprint density at radius 3 is 2.83 bits per heavy atom. The van der Waals surface area contributed by atoms with E-state index in [-0.39, 0.29) is 17.4 Å². The molecule has 1 atom stereocenters. The highest BCUT2D eigenvalue weighted by Crippen LogP contribution is 2.31. The van der Waals surface area contributed by atoms with E-state index in [0.29, 0.717) is 54.9 Å². The Morgan fingerprint density at radius 2 is 2.17 bits per heavy atom. The van der Waals surface area contributed by atoms with Crippen molar-refractivity contribution in [3.8, 4) is 11.6 Å². The van der Waals surface area contributed by atoms with E-state index in [4.69, 9.17) is 16.3 Å². The SMILES string of the molecule is C[C@]1(CCC(=O)N2CC(c3ccc(Oc4cccc(Cl)c4)nc3)C2)CCC(=O)N1. The molecule has 1 aromatic heterocycles. The third-order valence-electron chi connectivity index (χ3n) is 5.72. The van der Waals surface area contributed by atoms with Gasteiger partial charge in [-0.3, -0.25) is 9.59 Å². The van der Waals surface area contributed by atoms with E-state index in [1.54, 1.807) is 12.1 Å². The van der Waals surface area contributed by atoms with Crippen molar-refractivity contribution in [2.24, 2.45) is 0 Å². The van der Waals surface area contributed by atoms with Gasteiger partial charge in [0.05, 0.1) is 0 Å². The smallest absolute Gasteiger partial charge is 0.222 e. The first-order chi connectivity index (χ1) is 13.9. The molecule has 6 nitrogen and oxygen atoms in total. The van der Waals surface area contributed by atoms with Crippen LogP contribution in [0.3, 0.4) is 0 Å². The Hall–Kier alpha value is -2.60. The lowest BCUT2D eigenvalue weighted by Crippen LogP contribution is -2.49. The van der Waals surface area contributed by atoms with Crippen LogP contribution in [0.25, 0.3) is 0 Å². The Kier molecular flexibility index (Phi) is 5.46. The maximum Gasteiger partial charge on any atom is 0.222 e. The van der Waals surface area contributed by atoms with Crippen molar-refractivity contribution in [3.05, 3.63) is 53.2 Å². The number of carbonyl (C=O) groups excluding carboxylic acids is 2. The first-order valence-corrected chi connectivity index (χ1v) is 10.3. The lowest BCUT2D eigenvalue weighted by molar-refractivity contribution is -0.136. The molecule has 1 aromatic carbocycles. The number of carbonyl (C=O) groups is 2. The highest BCUT2D eigenvalue weighted by molar-refractivity contribution is 6.30. The number of nitrogens with zero attached hydrogens (tertiary/aromatic N) is 2. The highest BCUT2D eigenvalue weighted by atomic mass is 35.5. The van der Waals surface area contributed by atoms with Gasteiger partial charge in [-0.25, -0.2) is 4.98 Å². The number of pyridine rings is 1. The van der Waals surface area contributed by atoms with E-state index in [1.165, 1.54) is 0 Å². The molecule has 4 rings (SSSR count). The molecular weight excluding hydrogens is 390 g/mol. The van der Waals surface area contributed by atoms with Gasteiger partial charge in [0, 0.05) is 54.7 Å². The van der Waals surface area contributed by atoms with Gasteiger partial charge in [0.15, 0.2) is 0 Å². The number of likely N-dealkylation sites (tertiary alicyclic amines) is 1. The fourth-order valence-corrected chi connectivity index (χ4v) is 4.00. The van der Waals surface area contributed by atoms with Crippen LogP contribution >= 0.6 is 11.6 Å². The third kappa shape index (κ3) is 4.70. The van der Waals surface area contributed by atoms with Gasteiger partial charge in [-0.05, 0) is 43.5 Å². The van der Waals surface area contributed by atoms with Crippen LogP contribution in [0.2, 0.25) is 5.02 Å². The second kappa shape index (κ2) is 8.03. The monoisotopic (exact) mass is 413 g/mol. The molecule has 2 aliphatic heterocycles. The molecule has 2 aromatic rings. The molecule has 2 aliphatic rings. The molecule has 7 heteroatoms. The van der Waals surface area contributed by atoms with Crippen molar-refractivity contribution in [3.63, 3.8) is 0 Å². The number of amides is 2. The minimum absolute atomic E-state index is 0.0826. The van der Waals surface area contributed by atoms with Crippen molar-refractivity contribution >= 4 is 23.4 Å². The second-order valence-electron chi connectivity index (χ2n) is 8.09. The minimum Gasteiger partial charge on any atom is -0.439 e. The molecule has 0 bridgehead atoms. The average Bonchev–Trinajstić information content (AvgIpc) is 3.00. The van der Waals surface area contributed by atoms with Crippen molar-refractivity contribution < 1.29 is 14.3 Å². The molecule has 0 unspecified atom stereocenters. The maximum atomic E-state index is 12.4. The van der Waals surface area contributed by atoms with Crippen molar-refractivity contribution in [1.29, 1.82) is 0 Å². The van der Waals surface area contributed by atoms with Gasteiger partial charge in [0.25, 0.3) is 0 Å². The van der Waals surface area contributed by atoms with E-state index in [0.717, 1.165) is 12.0 Å². The molecule has 2 fully saturated rings. The van der Waals surface area contributed by atoms with Crippen molar-refractivity contribution in [2.45, 2.75) is 44.1 Å². The summed E-state index contributed by atoms with van der Waals surface area (Å²) in [5.74, 6) is 1.69. The number of benzene rings is 1. The quantitative estimate of drug-likeness (QED) is 0.779. The van der Waals surface area contributed by atoms with Gasteiger partial charge in [-0.1, -0.05) is 23.7 Å². The summed E-state index contributed by atoms with van der Waals surface area (Å²) in [4.78, 5) is 30.1. The van der Waals surface area contributed by atoms with E-state index in [2.05, 4.69) is 10.3 Å². The van der Waals surface area contributed by atoms with Gasteiger partial charge in [-0.15, -0.1) is 0 Å². The molecule has 152 valence electrons. The normalized spacial score (nSPS) is 21.6. The molecule has 2 saturated heterocycles.